The van der Waals surface area contributed by atoms with Gasteiger partial charge in [-0.3, -0.25) is 19.6 Å². The van der Waals surface area contributed by atoms with Gasteiger partial charge in [-0.05, 0) is 234 Å². The molecule has 5 aliphatic heterocycles. The number of aliphatic hydroxyl groups excluding tert-OH is 4. The Morgan fingerprint density at radius 3 is 0.814 bits per heavy atom. The van der Waals surface area contributed by atoms with Crippen molar-refractivity contribution in [3.63, 3.8) is 0 Å². The lowest BCUT2D eigenvalue weighted by Gasteiger charge is -2.34. The number of nitrogens with one attached hydrogen (secondary N) is 4. The molecule has 0 spiro atoms. The Morgan fingerprint density at radius 1 is 0.256 bits per heavy atom. The van der Waals surface area contributed by atoms with E-state index in [4.69, 9.17) is 33.1 Å². The largest absolute Gasteiger partial charge is 0.516 e. The first kappa shape index (κ1) is 129. The van der Waals surface area contributed by atoms with Gasteiger partial charge in [-0.15, -0.1) is 0 Å². The standard InChI is InChI=1S/C24H52N4O.C24H51N3O.C22H47N3.C21H46N4.C12H28N4.2C2H4O/c1-3-4-5-6-7-8-9-11-14-24(29)23-28(16-13-10-12-15-25)22-21-27-19-17-26(2)18-20-27;1-2-3-4-5-6-7-8-11-16-24(28)23-27(20-13-9-12-17-25)22-21-26-18-14-10-15-19-26;1-2-3-4-5-6-7-8-11-16-23-17-12-9-13-18-24-19-22-25-20-14-10-15-21-25;1-2-3-4-5-6-7-8-10-18-25(19-13-22)21-15-23-14-20-24-16-11-9-12-17-24;1-15-9-11-16(12-10-15)8-7-14-6-4-2-3-5-13;2*1-2-3/h24,29H,3-23,25H2,1-2H3;24,28H,2-23,25H2,1H3;23-24H,2-22H2,1H3;23H,2-22H2,1H3;14H,2-13H2,1H3;2*2-3H,1H2. The Hall–Kier alpha value is -1.72. The van der Waals surface area contributed by atoms with Crippen LogP contribution >= 0.6 is 0 Å². The van der Waals surface area contributed by atoms with Crippen LogP contribution in [0.25, 0.3) is 0 Å². The molecule has 0 aliphatic carbocycles. The van der Waals surface area contributed by atoms with Crippen LogP contribution in [-0.2, 0) is 0 Å². The molecule has 774 valence electrons. The summed E-state index contributed by atoms with van der Waals surface area (Å²) in [5.74, 6) is 0. The number of aliphatic hydroxyl groups is 4. The van der Waals surface area contributed by atoms with Gasteiger partial charge in [-0.1, -0.05) is 278 Å². The molecule has 0 saturated carbocycles. The zero-order chi connectivity index (χ0) is 94.3. The monoisotopic (exact) mass is 1830 g/mol. The Balaban J connectivity index is 0. The fourth-order valence-corrected chi connectivity index (χ4v) is 18.0. The number of hydrogen-bond donors (Lipinski definition) is 12. The highest BCUT2D eigenvalue weighted by atomic mass is 16.3. The van der Waals surface area contributed by atoms with Crippen LogP contribution in [0.1, 0.15) is 381 Å². The molecule has 2 unspecified atom stereocenters. The van der Waals surface area contributed by atoms with Gasteiger partial charge >= 0.3 is 0 Å². The van der Waals surface area contributed by atoms with Crippen molar-refractivity contribution in [2.45, 2.75) is 393 Å². The molecule has 22 heteroatoms. The molecule has 0 bridgehead atoms. The highest BCUT2D eigenvalue weighted by molar-refractivity contribution is 4.77. The van der Waals surface area contributed by atoms with Crippen LogP contribution in [0.15, 0.2) is 25.7 Å². The molecule has 2 atom stereocenters. The van der Waals surface area contributed by atoms with Crippen LogP contribution < -0.4 is 44.2 Å². The normalized spacial score (nSPS) is 16.2. The lowest BCUT2D eigenvalue weighted by Crippen LogP contribution is -2.47. The van der Waals surface area contributed by atoms with Crippen molar-refractivity contribution in [1.29, 1.82) is 0 Å². The van der Waals surface area contributed by atoms with E-state index in [9.17, 15) is 10.2 Å². The maximum atomic E-state index is 10.6. The summed E-state index contributed by atoms with van der Waals surface area (Å²) in [6.07, 6.45) is 74.4. The summed E-state index contributed by atoms with van der Waals surface area (Å²) < 4.78 is 0. The van der Waals surface area contributed by atoms with Crippen LogP contribution in [0.2, 0.25) is 0 Å². The molecular weight excluding hydrogens is 1600 g/mol. The van der Waals surface area contributed by atoms with Crippen molar-refractivity contribution in [2.75, 3.05) is 276 Å². The Bertz CT molecular complexity index is 2070. The minimum absolute atomic E-state index is 0.157. The second-order valence-corrected chi connectivity index (χ2v) is 39.0. The minimum Gasteiger partial charge on any atom is -0.516 e. The summed E-state index contributed by atoms with van der Waals surface area (Å²) in [7, 11) is 4.41. The summed E-state index contributed by atoms with van der Waals surface area (Å²) in [5.41, 5.74) is 22.5. The first-order chi connectivity index (χ1) is 63.4. The number of unbranched alkanes of at least 4 members (excludes halogenated alkanes) is 36. The Labute approximate surface area is 803 Å². The number of nitrogens with zero attached hydrogens (tertiary/aromatic N) is 10. The van der Waals surface area contributed by atoms with E-state index < -0.39 is 0 Å². The van der Waals surface area contributed by atoms with Gasteiger partial charge in [0.1, 0.15) is 0 Å². The third-order valence-electron chi connectivity index (χ3n) is 26.7. The summed E-state index contributed by atoms with van der Waals surface area (Å²) in [5, 5.41) is 50.2. The van der Waals surface area contributed by atoms with Crippen molar-refractivity contribution in [1.82, 2.24) is 70.3 Å². The van der Waals surface area contributed by atoms with E-state index in [2.05, 4.69) is 125 Å². The van der Waals surface area contributed by atoms with Crippen molar-refractivity contribution in [3.8, 4) is 0 Å². The van der Waals surface area contributed by atoms with Crippen LogP contribution in [0.4, 0.5) is 0 Å². The van der Waals surface area contributed by atoms with Crippen LogP contribution in [-0.4, -0.2) is 358 Å². The van der Waals surface area contributed by atoms with Crippen molar-refractivity contribution in [2.24, 2.45) is 22.9 Å². The number of hydrogen-bond acceptors (Lipinski definition) is 22. The number of nitrogens with two attached hydrogens (primary N) is 4. The van der Waals surface area contributed by atoms with Gasteiger partial charge in [0.05, 0.1) is 24.7 Å². The molecule has 0 aromatic rings. The van der Waals surface area contributed by atoms with Crippen LogP contribution in [0.3, 0.4) is 0 Å². The maximum absolute atomic E-state index is 10.6. The lowest BCUT2D eigenvalue weighted by molar-refractivity contribution is 0.0861. The highest BCUT2D eigenvalue weighted by Crippen LogP contribution is 2.18. The fourth-order valence-electron chi connectivity index (χ4n) is 18.0. The molecule has 16 N–H and O–H groups in total. The topological polar surface area (TPSA) is 266 Å². The zero-order valence-corrected chi connectivity index (χ0v) is 87.5. The molecule has 129 heavy (non-hydrogen) atoms. The minimum atomic E-state index is -0.169. The van der Waals surface area contributed by atoms with Gasteiger partial charge in [0.25, 0.3) is 0 Å². The molecule has 0 amide bonds. The first-order valence-electron chi connectivity index (χ1n) is 56.0. The molecule has 0 aromatic heterocycles. The van der Waals surface area contributed by atoms with E-state index >= 15 is 0 Å². The van der Waals surface area contributed by atoms with E-state index in [0.29, 0.717) is 0 Å². The summed E-state index contributed by atoms with van der Waals surface area (Å²) >= 11 is 0. The Morgan fingerprint density at radius 2 is 0.496 bits per heavy atom. The smallest absolute Gasteiger partial charge is 0.0719 e. The number of piperazine rings is 2. The van der Waals surface area contributed by atoms with E-state index in [1.807, 2.05) is 0 Å². The second kappa shape index (κ2) is 108. The predicted octanol–water partition coefficient (Wildman–Crippen LogP) is 18.1. The molecule has 0 aromatic carbocycles. The van der Waals surface area contributed by atoms with Crippen molar-refractivity contribution < 1.29 is 20.4 Å². The molecule has 5 aliphatic rings. The quantitative estimate of drug-likeness (QED) is 0.0199. The average molecular weight is 1840 g/mol. The van der Waals surface area contributed by atoms with E-state index in [0.717, 1.165) is 149 Å². The third-order valence-corrected chi connectivity index (χ3v) is 26.7. The number of likely N-dealkylation sites (tertiary alicyclic amines) is 3. The van der Waals surface area contributed by atoms with Crippen LogP contribution in [0, 0.1) is 0 Å². The molecule has 5 rings (SSSR count). The molecular formula is C107H232N18O4. The fraction of sp³-hybridized carbons (Fsp3) is 0.963. The van der Waals surface area contributed by atoms with Crippen molar-refractivity contribution in [3.05, 3.63) is 25.7 Å². The van der Waals surface area contributed by atoms with E-state index in [-0.39, 0.29) is 12.2 Å². The lowest BCUT2D eigenvalue weighted by atomic mass is 10.1. The number of piperidine rings is 3. The van der Waals surface area contributed by atoms with Crippen molar-refractivity contribution >= 4 is 0 Å². The van der Waals surface area contributed by atoms with Crippen LogP contribution in [0.5, 0.6) is 0 Å². The third kappa shape index (κ3) is 97.7. The van der Waals surface area contributed by atoms with Gasteiger partial charge in [-0.2, -0.15) is 0 Å². The highest BCUT2D eigenvalue weighted by Gasteiger charge is 2.20. The zero-order valence-electron chi connectivity index (χ0n) is 87.5. The predicted molar refractivity (Wildman–Crippen MR) is 569 cm³/mol. The maximum Gasteiger partial charge on any atom is 0.0719 e. The molecule has 5 saturated heterocycles. The van der Waals surface area contributed by atoms with Gasteiger partial charge in [-0.25, -0.2) is 0 Å². The SMILES string of the molecule is C=CO.C=CO.CCCCCCCCCCC(O)CN(CCCCCN)CCN1CCCCC1.CCCCCCCCCCC(O)CN(CCCCCN)CCN1CCN(C)CC1.CCCCCCCCCCN(CCN)CCNCCN1CCCCC1.CCCCCCCCCCNCCCCCNCCN1CCCCC1.CN1CCN(CCNCCCCCN)CC1. The van der Waals surface area contributed by atoms with Gasteiger partial charge in [0, 0.05) is 157 Å². The summed E-state index contributed by atoms with van der Waals surface area (Å²) in [6, 6.07) is 0. The molecule has 0 radical (unpaired) electrons. The number of likely N-dealkylation sites (N-methyl/N-ethyl adjacent to an activating group) is 2. The number of rotatable bonds is 81. The van der Waals surface area contributed by atoms with Gasteiger partial charge in [0.2, 0.25) is 0 Å². The second-order valence-electron chi connectivity index (χ2n) is 39.0. The van der Waals surface area contributed by atoms with Gasteiger partial charge < -0.3 is 94.0 Å². The van der Waals surface area contributed by atoms with Gasteiger partial charge in [0.15, 0.2) is 0 Å². The summed E-state index contributed by atoms with van der Waals surface area (Å²) in [6.45, 7) is 60.4. The molecule has 5 fully saturated rings. The average Bonchev–Trinajstić information content (AvgIpc) is 0.878. The van der Waals surface area contributed by atoms with E-state index in [1.54, 1.807) is 0 Å². The summed E-state index contributed by atoms with van der Waals surface area (Å²) in [4.78, 5) is 25.3. The first-order valence-corrected chi connectivity index (χ1v) is 56.0. The molecule has 22 nitrogen and oxygen atoms in total. The Kier molecular flexibility index (Phi) is 109. The van der Waals surface area contributed by atoms with E-state index in [1.165, 1.54) is 478 Å². The molecule has 5 heterocycles.